The molecule has 2 aromatic rings. The lowest BCUT2D eigenvalue weighted by molar-refractivity contribution is -0.140. The Bertz CT molecular complexity index is 785. The second-order valence-electron chi connectivity index (χ2n) is 5.07. The van der Waals surface area contributed by atoms with Crippen LogP contribution in [0.5, 0.6) is 0 Å². The summed E-state index contributed by atoms with van der Waals surface area (Å²) in [7, 11) is -3.85. The number of aliphatic carboxylic acids is 1. The molecule has 1 saturated heterocycles. The third-order valence-corrected chi connectivity index (χ3v) is 5.54. The van der Waals surface area contributed by atoms with E-state index in [-0.39, 0.29) is 11.4 Å². The first-order valence-electron chi connectivity index (χ1n) is 6.85. The highest BCUT2D eigenvalue weighted by atomic mass is 32.2. The molecule has 1 atom stereocenters. The summed E-state index contributed by atoms with van der Waals surface area (Å²) in [5.41, 5.74) is 0.736. The molecule has 0 spiro atoms. The highest BCUT2D eigenvalue weighted by Crippen LogP contribution is 2.26. The Balaban J connectivity index is 1.94. The van der Waals surface area contributed by atoms with Crippen LogP contribution in [-0.2, 0) is 14.8 Å². The highest BCUT2D eigenvalue weighted by molar-refractivity contribution is 7.89. The lowest BCUT2D eigenvalue weighted by atomic mass is 10.2. The Kier molecular flexibility index (Phi) is 3.71. The maximum Gasteiger partial charge on any atom is 0.322 e. The molecule has 1 aromatic heterocycles. The minimum absolute atomic E-state index is 0.00417. The molecule has 1 N–H and O–H groups in total. The lowest BCUT2D eigenvalue weighted by Crippen LogP contribution is -2.40. The van der Waals surface area contributed by atoms with Crippen LogP contribution in [0.25, 0.3) is 5.69 Å². The Morgan fingerprint density at radius 1 is 1.27 bits per heavy atom. The molecule has 0 bridgehead atoms. The highest BCUT2D eigenvalue weighted by Gasteiger charge is 2.40. The average Bonchev–Trinajstić information content (AvgIpc) is 3.18. The van der Waals surface area contributed by atoms with Crippen molar-refractivity contribution in [3.05, 3.63) is 42.7 Å². The van der Waals surface area contributed by atoms with Crippen LogP contribution in [0, 0.1) is 0 Å². The number of carbonyl (C=O) groups is 1. The van der Waals surface area contributed by atoms with Crippen LogP contribution in [0.4, 0.5) is 0 Å². The number of hydrogen-bond acceptors (Lipinski definition) is 4. The lowest BCUT2D eigenvalue weighted by Gasteiger charge is -2.19. The Morgan fingerprint density at radius 3 is 2.68 bits per heavy atom. The van der Waals surface area contributed by atoms with E-state index in [4.69, 9.17) is 5.11 Å². The van der Waals surface area contributed by atoms with Crippen molar-refractivity contribution in [2.75, 3.05) is 6.54 Å². The van der Waals surface area contributed by atoms with Crippen molar-refractivity contribution in [2.45, 2.75) is 23.8 Å². The van der Waals surface area contributed by atoms with Gasteiger partial charge in [-0.3, -0.25) is 4.79 Å². The first kappa shape index (κ1) is 14.7. The molecular weight excluding hydrogens is 306 g/mol. The van der Waals surface area contributed by atoms with Crippen LogP contribution in [0.15, 0.2) is 47.6 Å². The number of carboxylic acid groups (broad SMARTS) is 1. The van der Waals surface area contributed by atoms with Crippen LogP contribution in [0.2, 0.25) is 0 Å². The fourth-order valence-corrected chi connectivity index (χ4v) is 4.16. The molecule has 0 unspecified atom stereocenters. The van der Waals surface area contributed by atoms with Crippen molar-refractivity contribution >= 4 is 16.0 Å². The van der Waals surface area contributed by atoms with Gasteiger partial charge in [0.05, 0.1) is 18.1 Å². The zero-order valence-corrected chi connectivity index (χ0v) is 12.5. The predicted octanol–water partition coefficient (Wildman–Crippen LogP) is 1.11. The normalized spacial score (nSPS) is 19.4. The van der Waals surface area contributed by atoms with Crippen LogP contribution in [0.3, 0.4) is 0 Å². The largest absolute Gasteiger partial charge is 0.480 e. The van der Waals surface area contributed by atoms with Crippen molar-refractivity contribution in [1.82, 2.24) is 14.1 Å². The van der Waals surface area contributed by atoms with E-state index < -0.39 is 22.0 Å². The number of sulfonamides is 1. The predicted molar refractivity (Wildman–Crippen MR) is 78.1 cm³/mol. The van der Waals surface area contributed by atoms with E-state index in [2.05, 4.69) is 5.10 Å². The van der Waals surface area contributed by atoms with Crippen molar-refractivity contribution in [3.8, 4) is 5.69 Å². The van der Waals surface area contributed by atoms with Gasteiger partial charge in [0.2, 0.25) is 10.0 Å². The molecule has 0 saturated carbocycles. The van der Waals surface area contributed by atoms with Gasteiger partial charge in [-0.1, -0.05) is 18.2 Å². The van der Waals surface area contributed by atoms with Crippen LogP contribution in [0.1, 0.15) is 12.8 Å². The number of hydrogen-bond donors (Lipinski definition) is 1. The van der Waals surface area contributed by atoms with Gasteiger partial charge in [-0.05, 0) is 25.0 Å². The van der Waals surface area contributed by atoms with Crippen LogP contribution in [-0.4, -0.2) is 46.2 Å². The number of benzene rings is 1. The maximum atomic E-state index is 12.6. The number of nitrogens with zero attached hydrogens (tertiary/aromatic N) is 3. The second-order valence-corrected chi connectivity index (χ2v) is 6.96. The average molecular weight is 321 g/mol. The molecule has 7 nitrogen and oxygen atoms in total. The zero-order valence-electron chi connectivity index (χ0n) is 11.7. The molecule has 22 heavy (non-hydrogen) atoms. The summed E-state index contributed by atoms with van der Waals surface area (Å²) in [6, 6.07) is 8.12. The van der Waals surface area contributed by atoms with E-state index in [9.17, 15) is 13.2 Å². The van der Waals surface area contributed by atoms with E-state index in [1.54, 1.807) is 12.1 Å². The van der Waals surface area contributed by atoms with Gasteiger partial charge in [0, 0.05) is 6.54 Å². The summed E-state index contributed by atoms with van der Waals surface area (Å²) in [5, 5.41) is 13.2. The Labute approximate surface area is 127 Å². The molecule has 1 aromatic carbocycles. The quantitative estimate of drug-likeness (QED) is 0.910. The van der Waals surface area contributed by atoms with Gasteiger partial charge >= 0.3 is 5.97 Å². The van der Waals surface area contributed by atoms with Gasteiger partial charge in [0.1, 0.15) is 10.9 Å². The summed E-state index contributed by atoms with van der Waals surface area (Å²) >= 11 is 0. The standard InChI is InChI=1S/C14H15N3O4S/c18-14(19)13-7-4-8-17(13)22(20,21)12-9-15-16(10-12)11-5-2-1-3-6-11/h1-3,5-6,9-10,13H,4,7-8H2,(H,18,19)/t13-/m1/s1. The van der Waals surface area contributed by atoms with Crippen molar-refractivity contribution < 1.29 is 18.3 Å². The summed E-state index contributed by atoms with van der Waals surface area (Å²) in [5.74, 6) is -1.11. The van der Waals surface area contributed by atoms with E-state index in [1.165, 1.54) is 17.1 Å². The van der Waals surface area contributed by atoms with Gasteiger partial charge in [-0.15, -0.1) is 0 Å². The summed E-state index contributed by atoms with van der Waals surface area (Å²) in [6.07, 6.45) is 3.53. The SMILES string of the molecule is O=C(O)[C@H]1CCCN1S(=O)(=O)c1cnn(-c2ccccc2)c1. The van der Waals surface area contributed by atoms with Gasteiger partial charge in [0.25, 0.3) is 0 Å². The van der Waals surface area contributed by atoms with Gasteiger partial charge in [-0.25, -0.2) is 13.1 Å². The third-order valence-electron chi connectivity index (χ3n) is 3.67. The molecule has 2 heterocycles. The molecule has 3 rings (SSSR count). The molecule has 0 aliphatic carbocycles. The van der Waals surface area contributed by atoms with Crippen LogP contribution >= 0.6 is 0 Å². The topological polar surface area (TPSA) is 92.5 Å². The van der Waals surface area contributed by atoms with E-state index >= 15 is 0 Å². The minimum atomic E-state index is -3.85. The molecule has 0 radical (unpaired) electrons. The number of rotatable bonds is 4. The minimum Gasteiger partial charge on any atom is -0.480 e. The third kappa shape index (κ3) is 2.51. The smallest absolute Gasteiger partial charge is 0.322 e. The van der Waals surface area contributed by atoms with Crippen molar-refractivity contribution in [1.29, 1.82) is 0 Å². The number of para-hydroxylation sites is 1. The number of aromatic nitrogens is 2. The zero-order chi connectivity index (χ0) is 15.7. The summed E-state index contributed by atoms with van der Waals surface area (Å²) in [6.45, 7) is 0.218. The first-order valence-corrected chi connectivity index (χ1v) is 8.29. The summed E-state index contributed by atoms with van der Waals surface area (Å²) < 4.78 is 27.7. The molecule has 0 amide bonds. The van der Waals surface area contributed by atoms with Crippen LogP contribution < -0.4 is 0 Å². The molecular formula is C14H15N3O4S. The van der Waals surface area contributed by atoms with Crippen molar-refractivity contribution in [3.63, 3.8) is 0 Å². The molecule has 116 valence electrons. The fraction of sp³-hybridized carbons (Fsp3) is 0.286. The monoisotopic (exact) mass is 321 g/mol. The first-order chi connectivity index (χ1) is 10.5. The van der Waals surface area contributed by atoms with E-state index in [0.717, 1.165) is 9.99 Å². The van der Waals surface area contributed by atoms with Gasteiger partial charge in [0.15, 0.2) is 0 Å². The molecule has 1 aliphatic heterocycles. The molecule has 1 fully saturated rings. The van der Waals surface area contributed by atoms with E-state index in [1.807, 2.05) is 18.2 Å². The van der Waals surface area contributed by atoms with Crippen molar-refractivity contribution in [2.24, 2.45) is 0 Å². The maximum absolute atomic E-state index is 12.6. The van der Waals surface area contributed by atoms with Gasteiger partial charge < -0.3 is 5.11 Å². The second kappa shape index (κ2) is 5.54. The Hall–Kier alpha value is -2.19. The molecule has 8 heteroatoms. The fourth-order valence-electron chi connectivity index (χ4n) is 2.57. The Morgan fingerprint density at radius 2 is 2.00 bits per heavy atom. The van der Waals surface area contributed by atoms with E-state index in [0.29, 0.717) is 12.8 Å². The summed E-state index contributed by atoms with van der Waals surface area (Å²) in [4.78, 5) is 11.2. The van der Waals surface area contributed by atoms with Gasteiger partial charge in [-0.2, -0.15) is 9.40 Å². The molecule has 1 aliphatic rings. The number of carboxylic acids is 1.